The first-order valence-corrected chi connectivity index (χ1v) is 8.98. The van der Waals surface area contributed by atoms with E-state index in [1.807, 2.05) is 43.3 Å². The van der Waals surface area contributed by atoms with Gasteiger partial charge in [-0.2, -0.15) is 0 Å². The van der Waals surface area contributed by atoms with Crippen LogP contribution in [0.1, 0.15) is 18.9 Å². The van der Waals surface area contributed by atoms with Crippen molar-refractivity contribution in [3.63, 3.8) is 0 Å². The van der Waals surface area contributed by atoms with Crippen molar-refractivity contribution in [3.05, 3.63) is 48.0 Å². The van der Waals surface area contributed by atoms with E-state index in [2.05, 4.69) is 10.6 Å². The smallest absolute Gasteiger partial charge is 0.331 e. The number of rotatable bonds is 9. The predicted molar refractivity (Wildman–Crippen MR) is 107 cm³/mol. The molecular formula is C21H24N2O5. The molecule has 0 bridgehead atoms. The van der Waals surface area contributed by atoms with Crippen molar-refractivity contribution in [2.24, 2.45) is 0 Å². The fourth-order valence-electron chi connectivity index (χ4n) is 2.38. The number of carbonyl (C=O) groups excluding carboxylic acids is 3. The molecule has 2 N–H and O–H groups in total. The molecule has 0 radical (unpaired) electrons. The van der Waals surface area contributed by atoms with Crippen LogP contribution in [0.3, 0.4) is 0 Å². The van der Waals surface area contributed by atoms with Gasteiger partial charge < -0.3 is 20.1 Å². The third kappa shape index (κ3) is 6.75. The Balaban J connectivity index is 1.80. The number of carbonyl (C=O) groups is 3. The highest BCUT2D eigenvalue weighted by atomic mass is 16.5. The van der Waals surface area contributed by atoms with E-state index in [1.165, 1.54) is 6.08 Å². The zero-order chi connectivity index (χ0) is 20.4. The van der Waals surface area contributed by atoms with Crippen molar-refractivity contribution < 1.29 is 23.9 Å². The summed E-state index contributed by atoms with van der Waals surface area (Å²) in [6.45, 7) is 1.90. The summed E-state index contributed by atoms with van der Waals surface area (Å²) in [5, 5.41) is 7.06. The summed E-state index contributed by atoms with van der Waals surface area (Å²) < 4.78 is 10.1. The van der Waals surface area contributed by atoms with Gasteiger partial charge in [-0.05, 0) is 47.0 Å². The van der Waals surface area contributed by atoms with Gasteiger partial charge in [0.15, 0.2) is 6.61 Å². The molecule has 0 aliphatic carbocycles. The van der Waals surface area contributed by atoms with Gasteiger partial charge in [-0.25, -0.2) is 4.79 Å². The van der Waals surface area contributed by atoms with Crippen LogP contribution in [0.15, 0.2) is 42.5 Å². The molecule has 0 saturated heterocycles. The van der Waals surface area contributed by atoms with E-state index in [0.717, 1.165) is 28.5 Å². The maximum Gasteiger partial charge on any atom is 0.331 e. The van der Waals surface area contributed by atoms with Crippen molar-refractivity contribution in [1.29, 1.82) is 0 Å². The maximum atomic E-state index is 11.8. The molecule has 0 aliphatic heterocycles. The molecule has 2 aromatic rings. The Morgan fingerprint density at radius 1 is 1.00 bits per heavy atom. The largest absolute Gasteiger partial charge is 0.497 e. The van der Waals surface area contributed by atoms with Crippen LogP contribution >= 0.6 is 0 Å². The molecular weight excluding hydrogens is 360 g/mol. The molecule has 148 valence electrons. The topological polar surface area (TPSA) is 93.7 Å². The Bertz CT molecular complexity index is 876. The number of hydrogen-bond donors (Lipinski definition) is 2. The first-order valence-electron chi connectivity index (χ1n) is 8.98. The molecule has 0 aromatic heterocycles. The summed E-state index contributed by atoms with van der Waals surface area (Å²) in [4.78, 5) is 34.7. The summed E-state index contributed by atoms with van der Waals surface area (Å²) in [5.74, 6) is -0.677. The summed E-state index contributed by atoms with van der Waals surface area (Å²) in [7, 11) is 1.62. The van der Waals surface area contributed by atoms with Crippen LogP contribution in [0.5, 0.6) is 5.75 Å². The summed E-state index contributed by atoms with van der Waals surface area (Å²) in [5.41, 5.74) is 0.826. The molecule has 28 heavy (non-hydrogen) atoms. The van der Waals surface area contributed by atoms with Crippen LogP contribution in [0.2, 0.25) is 0 Å². The minimum atomic E-state index is -0.639. The Morgan fingerprint density at radius 2 is 1.75 bits per heavy atom. The monoisotopic (exact) mass is 384 g/mol. The highest BCUT2D eigenvalue weighted by molar-refractivity contribution is 5.92. The lowest BCUT2D eigenvalue weighted by atomic mass is 10.1. The Labute approximate surface area is 163 Å². The van der Waals surface area contributed by atoms with E-state index in [-0.39, 0.29) is 12.5 Å². The van der Waals surface area contributed by atoms with Crippen LogP contribution in [0, 0.1) is 0 Å². The van der Waals surface area contributed by atoms with Gasteiger partial charge >= 0.3 is 5.97 Å². The van der Waals surface area contributed by atoms with Gasteiger partial charge in [0.1, 0.15) is 5.75 Å². The molecule has 7 heteroatoms. The minimum Gasteiger partial charge on any atom is -0.497 e. The molecule has 7 nitrogen and oxygen atoms in total. The van der Waals surface area contributed by atoms with Crippen molar-refractivity contribution in [3.8, 4) is 5.75 Å². The number of methoxy groups -OCH3 is 1. The van der Waals surface area contributed by atoms with E-state index in [0.29, 0.717) is 6.54 Å². The minimum absolute atomic E-state index is 0.145. The lowest BCUT2D eigenvalue weighted by Crippen LogP contribution is -2.38. The molecule has 0 aliphatic rings. The molecule has 0 fully saturated rings. The second kappa shape index (κ2) is 10.7. The molecule has 2 aromatic carbocycles. The molecule has 0 unspecified atom stereocenters. The van der Waals surface area contributed by atoms with Gasteiger partial charge in [-0.1, -0.05) is 25.1 Å². The van der Waals surface area contributed by atoms with Crippen molar-refractivity contribution in [2.45, 2.75) is 13.3 Å². The molecule has 0 saturated carbocycles. The van der Waals surface area contributed by atoms with Crippen molar-refractivity contribution in [2.75, 3.05) is 26.8 Å². The average molecular weight is 384 g/mol. The summed E-state index contributed by atoms with van der Waals surface area (Å²) in [6.07, 6.45) is 3.68. The zero-order valence-corrected chi connectivity index (χ0v) is 16.0. The van der Waals surface area contributed by atoms with E-state index in [4.69, 9.17) is 9.47 Å². The van der Waals surface area contributed by atoms with Crippen LogP contribution < -0.4 is 15.4 Å². The van der Waals surface area contributed by atoms with Gasteiger partial charge in [0.2, 0.25) is 5.91 Å². The normalized spacial score (nSPS) is 10.6. The number of amides is 2. The number of ether oxygens (including phenoxy) is 2. The first kappa shape index (κ1) is 21.0. The SMILES string of the molecule is CCCNC(=O)CNC(=O)COC(=O)/C=C/c1ccc2cc(OC)ccc2c1. The number of fused-ring (bicyclic) bond motifs is 1. The van der Waals surface area contributed by atoms with Gasteiger partial charge in [0.25, 0.3) is 5.91 Å². The highest BCUT2D eigenvalue weighted by Crippen LogP contribution is 2.22. The third-order valence-corrected chi connectivity index (χ3v) is 3.85. The molecule has 0 spiro atoms. The fraction of sp³-hybridized carbons (Fsp3) is 0.286. The molecule has 2 rings (SSSR count). The van der Waals surface area contributed by atoms with Crippen LogP contribution in [0.25, 0.3) is 16.8 Å². The number of esters is 1. The summed E-state index contributed by atoms with van der Waals surface area (Å²) >= 11 is 0. The average Bonchev–Trinajstić information content (AvgIpc) is 2.72. The zero-order valence-electron chi connectivity index (χ0n) is 16.0. The number of hydrogen-bond acceptors (Lipinski definition) is 5. The van der Waals surface area contributed by atoms with E-state index >= 15 is 0 Å². The third-order valence-electron chi connectivity index (χ3n) is 3.85. The van der Waals surface area contributed by atoms with Crippen LogP contribution in [-0.2, 0) is 19.1 Å². The first-order chi connectivity index (χ1) is 13.5. The lowest BCUT2D eigenvalue weighted by molar-refractivity contribution is -0.143. The van der Waals surface area contributed by atoms with E-state index < -0.39 is 18.5 Å². The Morgan fingerprint density at radius 3 is 2.50 bits per heavy atom. The second-order valence-corrected chi connectivity index (χ2v) is 6.04. The highest BCUT2D eigenvalue weighted by Gasteiger charge is 2.07. The van der Waals surface area contributed by atoms with Gasteiger partial charge in [-0.15, -0.1) is 0 Å². The quantitative estimate of drug-likeness (QED) is 0.510. The lowest BCUT2D eigenvalue weighted by Gasteiger charge is -2.06. The number of benzene rings is 2. The summed E-state index contributed by atoms with van der Waals surface area (Å²) in [6, 6.07) is 11.5. The van der Waals surface area contributed by atoms with Gasteiger partial charge in [0.05, 0.1) is 13.7 Å². The molecule has 0 atom stereocenters. The Hall–Kier alpha value is -3.35. The van der Waals surface area contributed by atoms with Gasteiger partial charge in [-0.3, -0.25) is 9.59 Å². The van der Waals surface area contributed by atoms with E-state index in [9.17, 15) is 14.4 Å². The second-order valence-electron chi connectivity index (χ2n) is 6.04. The van der Waals surface area contributed by atoms with Crippen molar-refractivity contribution in [1.82, 2.24) is 10.6 Å². The van der Waals surface area contributed by atoms with Crippen LogP contribution in [0.4, 0.5) is 0 Å². The number of nitrogens with one attached hydrogen (secondary N) is 2. The molecule has 2 amide bonds. The fourth-order valence-corrected chi connectivity index (χ4v) is 2.38. The maximum absolute atomic E-state index is 11.8. The van der Waals surface area contributed by atoms with E-state index in [1.54, 1.807) is 13.2 Å². The standard InChI is InChI=1S/C21H24N2O5/c1-3-10-22-19(24)13-23-20(25)14-28-21(26)9-5-15-4-6-17-12-18(27-2)8-7-16(17)11-15/h4-9,11-12H,3,10,13-14H2,1-2H3,(H,22,24)(H,23,25)/b9-5+. The van der Waals surface area contributed by atoms with Crippen molar-refractivity contribution >= 4 is 34.6 Å². The predicted octanol–water partition coefficient (Wildman–Crippen LogP) is 2.05. The Kier molecular flexibility index (Phi) is 8.02. The van der Waals surface area contributed by atoms with Gasteiger partial charge in [0, 0.05) is 12.6 Å². The molecule has 0 heterocycles. The van der Waals surface area contributed by atoms with Crippen LogP contribution in [-0.4, -0.2) is 44.6 Å².